The summed E-state index contributed by atoms with van der Waals surface area (Å²) in [6.45, 7) is 0. The number of rotatable bonds is 1. The zero-order valence-corrected chi connectivity index (χ0v) is 4.94. The zero-order valence-electron chi connectivity index (χ0n) is 4.13. The van der Waals surface area contributed by atoms with Gasteiger partial charge in [-0.1, -0.05) is 0 Å². The van der Waals surface area contributed by atoms with Crippen LogP contribution in [0.2, 0.25) is 0 Å². The third-order valence-corrected chi connectivity index (χ3v) is 1.70. The minimum Gasteiger partial charge on any atom is -0.369 e. The SMILES string of the molecule is COC1CC=NS1. The number of nitrogens with zero attached hydrogens (tertiary/aromatic N) is 1. The van der Waals surface area contributed by atoms with Crippen molar-refractivity contribution in [1.29, 1.82) is 0 Å². The van der Waals surface area contributed by atoms with Crippen molar-refractivity contribution in [3.8, 4) is 0 Å². The molecule has 1 atom stereocenters. The second-order valence-electron chi connectivity index (χ2n) is 1.29. The first-order chi connectivity index (χ1) is 3.43. The first kappa shape index (κ1) is 5.12. The lowest BCUT2D eigenvalue weighted by Gasteiger charge is -1.99. The van der Waals surface area contributed by atoms with Gasteiger partial charge < -0.3 is 4.74 Å². The maximum Gasteiger partial charge on any atom is 0.129 e. The van der Waals surface area contributed by atoms with E-state index in [1.54, 1.807) is 7.11 Å². The Labute approximate surface area is 47.1 Å². The van der Waals surface area contributed by atoms with Crippen molar-refractivity contribution in [3.05, 3.63) is 0 Å². The molecule has 0 spiro atoms. The van der Waals surface area contributed by atoms with E-state index < -0.39 is 0 Å². The van der Waals surface area contributed by atoms with Crippen molar-refractivity contribution in [2.45, 2.75) is 11.9 Å². The van der Waals surface area contributed by atoms with Crippen LogP contribution in [0.4, 0.5) is 0 Å². The maximum absolute atomic E-state index is 4.95. The summed E-state index contributed by atoms with van der Waals surface area (Å²) < 4.78 is 8.85. The van der Waals surface area contributed by atoms with Gasteiger partial charge in [0.25, 0.3) is 0 Å². The van der Waals surface area contributed by atoms with Gasteiger partial charge in [0.05, 0.1) is 0 Å². The van der Waals surface area contributed by atoms with E-state index in [1.165, 1.54) is 11.9 Å². The number of methoxy groups -OCH3 is 1. The van der Waals surface area contributed by atoms with Gasteiger partial charge in [0.1, 0.15) is 5.44 Å². The Morgan fingerprint density at radius 3 is 3.14 bits per heavy atom. The van der Waals surface area contributed by atoms with Crippen molar-refractivity contribution in [2.75, 3.05) is 7.11 Å². The summed E-state index contributed by atoms with van der Waals surface area (Å²) in [6.07, 6.45) is 2.83. The Morgan fingerprint density at radius 2 is 2.86 bits per heavy atom. The molecule has 1 rings (SSSR count). The molecule has 0 saturated carbocycles. The number of ether oxygens (including phenoxy) is 1. The van der Waals surface area contributed by atoms with E-state index >= 15 is 0 Å². The molecule has 40 valence electrons. The van der Waals surface area contributed by atoms with Gasteiger partial charge in [-0.2, -0.15) is 0 Å². The van der Waals surface area contributed by atoms with Gasteiger partial charge in [0, 0.05) is 31.7 Å². The molecule has 0 bridgehead atoms. The van der Waals surface area contributed by atoms with Crippen LogP contribution in [0.5, 0.6) is 0 Å². The molecular weight excluding hydrogens is 110 g/mol. The smallest absolute Gasteiger partial charge is 0.129 e. The van der Waals surface area contributed by atoms with Crippen molar-refractivity contribution in [3.63, 3.8) is 0 Å². The Hall–Kier alpha value is -0.0200. The molecular formula is C4H7NOS. The van der Waals surface area contributed by atoms with Gasteiger partial charge in [0.15, 0.2) is 0 Å². The second kappa shape index (κ2) is 2.33. The Kier molecular flexibility index (Phi) is 1.70. The highest BCUT2D eigenvalue weighted by atomic mass is 32.2. The Balaban J connectivity index is 2.22. The summed E-state index contributed by atoms with van der Waals surface area (Å²) in [7, 11) is 1.70. The van der Waals surface area contributed by atoms with Crippen LogP contribution in [0.15, 0.2) is 4.40 Å². The van der Waals surface area contributed by atoms with Crippen molar-refractivity contribution in [2.24, 2.45) is 4.40 Å². The summed E-state index contributed by atoms with van der Waals surface area (Å²) in [4.78, 5) is 0. The van der Waals surface area contributed by atoms with Crippen LogP contribution in [-0.4, -0.2) is 18.8 Å². The van der Waals surface area contributed by atoms with E-state index in [0.29, 0.717) is 5.44 Å². The van der Waals surface area contributed by atoms with Crippen LogP contribution in [0.1, 0.15) is 6.42 Å². The summed E-state index contributed by atoms with van der Waals surface area (Å²) >= 11 is 1.49. The predicted octanol–water partition coefficient (Wildman–Crippen LogP) is 1.08. The van der Waals surface area contributed by atoms with E-state index in [1.807, 2.05) is 6.21 Å². The topological polar surface area (TPSA) is 21.6 Å². The van der Waals surface area contributed by atoms with Crippen LogP contribution in [-0.2, 0) is 4.74 Å². The fraction of sp³-hybridized carbons (Fsp3) is 0.750. The van der Waals surface area contributed by atoms with Crippen molar-refractivity contribution >= 4 is 18.2 Å². The molecule has 0 amide bonds. The van der Waals surface area contributed by atoms with Gasteiger partial charge in [-0.15, -0.1) is 0 Å². The quantitative estimate of drug-likeness (QED) is 0.479. The van der Waals surface area contributed by atoms with Crippen LogP contribution >= 0.6 is 11.9 Å². The average Bonchev–Trinajstić information content (AvgIpc) is 2.14. The third kappa shape index (κ3) is 1.17. The standard InChI is InChI=1S/C4H7NOS/c1-6-4-2-3-5-7-4/h3-4H,2H2,1H3. The number of hydrogen-bond acceptors (Lipinski definition) is 3. The summed E-state index contributed by atoms with van der Waals surface area (Å²) in [6, 6.07) is 0. The van der Waals surface area contributed by atoms with Crippen LogP contribution in [0, 0.1) is 0 Å². The lowest BCUT2D eigenvalue weighted by atomic mass is 10.5. The fourth-order valence-corrected chi connectivity index (χ4v) is 0.988. The van der Waals surface area contributed by atoms with Crippen molar-refractivity contribution < 1.29 is 4.74 Å². The van der Waals surface area contributed by atoms with Crippen LogP contribution < -0.4 is 0 Å². The predicted molar refractivity (Wildman–Crippen MR) is 31.5 cm³/mol. The van der Waals surface area contributed by atoms with Crippen molar-refractivity contribution in [1.82, 2.24) is 0 Å². The van der Waals surface area contributed by atoms with Gasteiger partial charge >= 0.3 is 0 Å². The van der Waals surface area contributed by atoms with E-state index in [0.717, 1.165) is 6.42 Å². The van der Waals surface area contributed by atoms with E-state index in [9.17, 15) is 0 Å². The third-order valence-electron chi connectivity index (χ3n) is 0.814. The average molecular weight is 117 g/mol. The molecule has 0 radical (unpaired) electrons. The summed E-state index contributed by atoms with van der Waals surface area (Å²) in [5, 5.41) is 0. The normalized spacial score (nSPS) is 29.0. The molecule has 1 heterocycles. The molecule has 0 aromatic carbocycles. The molecule has 0 aromatic rings. The summed E-state index contributed by atoms with van der Waals surface area (Å²) in [5.74, 6) is 0. The monoisotopic (exact) mass is 117 g/mol. The highest BCUT2D eigenvalue weighted by molar-refractivity contribution is 7.98. The molecule has 2 nitrogen and oxygen atoms in total. The molecule has 0 aromatic heterocycles. The van der Waals surface area contributed by atoms with E-state index in [-0.39, 0.29) is 0 Å². The van der Waals surface area contributed by atoms with Gasteiger partial charge in [-0.05, 0) is 0 Å². The van der Waals surface area contributed by atoms with Crippen LogP contribution in [0.25, 0.3) is 0 Å². The molecule has 7 heavy (non-hydrogen) atoms. The summed E-state index contributed by atoms with van der Waals surface area (Å²) in [5.41, 5.74) is 0.292. The van der Waals surface area contributed by atoms with E-state index in [4.69, 9.17) is 4.74 Å². The first-order valence-corrected chi connectivity index (χ1v) is 2.97. The van der Waals surface area contributed by atoms with Gasteiger partial charge in [-0.3, -0.25) is 0 Å². The molecule has 3 heteroatoms. The fourth-order valence-electron chi connectivity index (χ4n) is 0.422. The highest BCUT2D eigenvalue weighted by Crippen LogP contribution is 2.20. The zero-order chi connectivity index (χ0) is 5.11. The van der Waals surface area contributed by atoms with E-state index in [2.05, 4.69) is 4.40 Å². The molecule has 0 aliphatic carbocycles. The van der Waals surface area contributed by atoms with Gasteiger partial charge in [-0.25, -0.2) is 4.40 Å². The minimum atomic E-state index is 0.292. The molecule has 1 unspecified atom stereocenters. The molecule has 0 N–H and O–H groups in total. The molecule has 0 fully saturated rings. The lowest BCUT2D eigenvalue weighted by Crippen LogP contribution is -1.98. The molecule has 1 aliphatic heterocycles. The largest absolute Gasteiger partial charge is 0.369 e. The van der Waals surface area contributed by atoms with Crippen LogP contribution in [0.3, 0.4) is 0 Å². The maximum atomic E-state index is 4.95. The highest BCUT2D eigenvalue weighted by Gasteiger charge is 2.08. The Bertz CT molecular complexity index is 75.8. The molecule has 0 saturated heterocycles. The van der Waals surface area contributed by atoms with Gasteiger partial charge in [0.2, 0.25) is 0 Å². The minimum absolute atomic E-state index is 0.292. The lowest BCUT2D eigenvalue weighted by molar-refractivity contribution is 0.181. The second-order valence-corrected chi connectivity index (χ2v) is 2.24. The number of hydrogen-bond donors (Lipinski definition) is 0. The molecule has 1 aliphatic rings. The first-order valence-electron chi connectivity index (χ1n) is 2.14. The Morgan fingerprint density at radius 1 is 2.00 bits per heavy atom.